The average molecular weight is 466 g/mol. The normalized spacial score (nSPS) is 32.2. The number of aliphatic hydroxyl groups excluding tert-OH is 3. The van der Waals surface area contributed by atoms with Crippen LogP contribution in [0.4, 0.5) is 0 Å². The van der Waals surface area contributed by atoms with E-state index in [2.05, 4.69) is 27.9 Å². The van der Waals surface area contributed by atoms with Gasteiger partial charge in [0.25, 0.3) is 5.91 Å². The van der Waals surface area contributed by atoms with Crippen molar-refractivity contribution in [2.24, 2.45) is 5.73 Å². The molecule has 7 N–H and O–H groups in total. The molecule has 5 atom stereocenters. The molecule has 1 aliphatic rings. The number of carbonyl (C=O) groups excluding carboxylic acids is 2. The molecule has 1 aromatic carbocycles. The molecule has 0 aliphatic carbocycles. The molecule has 2 rings (SSSR count). The van der Waals surface area contributed by atoms with Crippen molar-refractivity contribution < 1.29 is 34.8 Å². The molecule has 0 bridgehead atoms. The number of hydrogen-bond donors (Lipinski definition) is 6. The number of ether oxygens (including phenoxy) is 1. The van der Waals surface area contributed by atoms with E-state index < -0.39 is 55.0 Å². The van der Waals surface area contributed by atoms with E-state index in [9.17, 15) is 24.9 Å². The van der Waals surface area contributed by atoms with Gasteiger partial charge in [-0.25, -0.2) is 0 Å². The minimum Gasteiger partial charge on any atom is -0.394 e. The molecule has 0 saturated carbocycles. The Morgan fingerprint density at radius 2 is 1.84 bits per heavy atom. The molecule has 25 heavy (non-hydrogen) atoms. The molecule has 1 aliphatic heterocycles. The van der Waals surface area contributed by atoms with Gasteiger partial charge in [-0.1, -0.05) is 0 Å². The number of nitrogens with two attached hydrogens (primary N) is 1. The minimum absolute atomic E-state index is 0.317. The van der Waals surface area contributed by atoms with Crippen LogP contribution in [0.5, 0.6) is 0 Å². The van der Waals surface area contributed by atoms with E-state index >= 15 is 0 Å². The van der Waals surface area contributed by atoms with Crippen molar-refractivity contribution in [2.45, 2.75) is 30.1 Å². The van der Waals surface area contributed by atoms with Crippen molar-refractivity contribution in [1.82, 2.24) is 5.32 Å². The molecular formula is C15H19IN2O7. The zero-order valence-corrected chi connectivity index (χ0v) is 15.2. The number of aliphatic hydroxyl groups is 4. The van der Waals surface area contributed by atoms with E-state index in [0.717, 1.165) is 3.57 Å². The lowest BCUT2D eigenvalue weighted by molar-refractivity contribution is -0.297. The van der Waals surface area contributed by atoms with Gasteiger partial charge in [-0.05, 0) is 46.9 Å². The number of amides is 1. The molecule has 138 valence electrons. The van der Waals surface area contributed by atoms with Crippen molar-refractivity contribution in [2.75, 3.05) is 13.2 Å². The molecule has 1 fully saturated rings. The van der Waals surface area contributed by atoms with Crippen molar-refractivity contribution in [3.8, 4) is 0 Å². The Bertz CT molecular complexity index is 639. The van der Waals surface area contributed by atoms with Crippen molar-refractivity contribution in [1.29, 1.82) is 0 Å². The van der Waals surface area contributed by atoms with Crippen molar-refractivity contribution in [3.05, 3.63) is 33.4 Å². The number of halogens is 1. The summed E-state index contributed by atoms with van der Waals surface area (Å²) < 4.78 is 5.94. The van der Waals surface area contributed by atoms with Gasteiger partial charge in [-0.15, -0.1) is 0 Å². The average Bonchev–Trinajstić information content (AvgIpc) is 2.61. The van der Waals surface area contributed by atoms with Crippen molar-refractivity contribution in [3.63, 3.8) is 0 Å². The first-order chi connectivity index (χ1) is 11.7. The quantitative estimate of drug-likeness (QED) is 0.265. The van der Waals surface area contributed by atoms with Gasteiger partial charge in [0.15, 0.2) is 0 Å². The molecule has 1 unspecified atom stereocenters. The van der Waals surface area contributed by atoms with Gasteiger partial charge >= 0.3 is 0 Å². The number of nitrogens with one attached hydrogen (secondary N) is 1. The van der Waals surface area contributed by atoms with E-state index in [-0.39, 0.29) is 0 Å². The van der Waals surface area contributed by atoms with E-state index in [1.807, 2.05) is 0 Å². The highest BCUT2D eigenvalue weighted by Gasteiger charge is 2.55. The van der Waals surface area contributed by atoms with Crippen LogP contribution in [0.15, 0.2) is 24.3 Å². The predicted molar refractivity (Wildman–Crippen MR) is 93.4 cm³/mol. The number of carbonyl (C=O) groups is 2. The molecular weight excluding hydrogens is 447 g/mol. The third-order valence-corrected chi connectivity index (χ3v) is 4.70. The highest BCUT2D eigenvalue weighted by molar-refractivity contribution is 14.1. The number of hydrogen-bond acceptors (Lipinski definition) is 8. The molecule has 10 heteroatoms. The summed E-state index contributed by atoms with van der Waals surface area (Å²) in [5.41, 5.74) is 5.92. The molecule has 0 radical (unpaired) electrons. The van der Waals surface area contributed by atoms with Gasteiger partial charge in [0.05, 0.1) is 19.2 Å². The van der Waals surface area contributed by atoms with Crippen LogP contribution in [0, 0.1) is 3.57 Å². The first-order valence-corrected chi connectivity index (χ1v) is 8.48. The zero-order valence-electron chi connectivity index (χ0n) is 13.0. The van der Waals surface area contributed by atoms with E-state index in [4.69, 9.17) is 15.6 Å². The Morgan fingerprint density at radius 3 is 2.40 bits per heavy atom. The number of benzene rings is 1. The summed E-state index contributed by atoms with van der Waals surface area (Å²) >= 11 is 2.08. The monoisotopic (exact) mass is 466 g/mol. The summed E-state index contributed by atoms with van der Waals surface area (Å²) in [4.78, 5) is 24.3. The van der Waals surface area contributed by atoms with Crippen LogP contribution in [0.3, 0.4) is 0 Å². The van der Waals surface area contributed by atoms with Gasteiger partial charge in [0.1, 0.15) is 18.3 Å². The first kappa shape index (κ1) is 20.2. The topological polar surface area (TPSA) is 162 Å². The fraction of sp³-hybridized carbons (Fsp3) is 0.467. The van der Waals surface area contributed by atoms with Gasteiger partial charge in [-0.3, -0.25) is 9.59 Å². The van der Waals surface area contributed by atoms with Crippen LogP contribution in [0.1, 0.15) is 10.4 Å². The van der Waals surface area contributed by atoms with E-state index in [0.29, 0.717) is 5.56 Å². The zero-order chi connectivity index (χ0) is 18.8. The second kappa shape index (κ2) is 8.03. The lowest BCUT2D eigenvalue weighted by atomic mass is 9.88. The Balaban J connectivity index is 2.05. The summed E-state index contributed by atoms with van der Waals surface area (Å²) in [5.74, 6) is -4.20. The molecule has 1 amide bonds. The fourth-order valence-corrected chi connectivity index (χ4v) is 2.79. The predicted octanol–water partition coefficient (Wildman–Crippen LogP) is -2.28. The van der Waals surface area contributed by atoms with E-state index in [1.165, 1.54) is 0 Å². The van der Waals surface area contributed by atoms with Crippen molar-refractivity contribution >= 4 is 34.3 Å². The maximum absolute atomic E-state index is 12.3. The van der Waals surface area contributed by atoms with Gasteiger partial charge in [-0.2, -0.15) is 0 Å². The van der Waals surface area contributed by atoms with Gasteiger partial charge < -0.3 is 36.2 Å². The SMILES string of the molecule is N[C@@H]1[C@@H](O)[C@H](O)[C@@H](CO)OC1(O)C(=O)CNC(=O)c1ccc(I)cc1. The summed E-state index contributed by atoms with van der Waals surface area (Å²) in [6.07, 6.45) is -4.64. The lowest BCUT2D eigenvalue weighted by Gasteiger charge is -2.45. The highest BCUT2D eigenvalue weighted by Crippen LogP contribution is 2.27. The smallest absolute Gasteiger partial charge is 0.251 e. The number of Topliss-reactive ketones (excluding diaryl/α,β-unsaturated/α-hetero) is 1. The number of ketones is 1. The second-order valence-corrected chi connectivity index (χ2v) is 6.90. The molecule has 0 aromatic heterocycles. The summed E-state index contributed by atoms with van der Waals surface area (Å²) in [6.45, 7) is -1.36. The minimum atomic E-state index is -2.65. The molecule has 1 heterocycles. The Kier molecular flexibility index (Phi) is 6.48. The van der Waals surface area contributed by atoms with Crippen LogP contribution in [-0.2, 0) is 9.53 Å². The molecule has 1 aromatic rings. The largest absolute Gasteiger partial charge is 0.394 e. The lowest BCUT2D eigenvalue weighted by Crippen LogP contribution is -2.72. The summed E-state index contributed by atoms with van der Waals surface area (Å²) in [6, 6.07) is 4.93. The standard InChI is InChI=1S/C15H19IN2O7/c16-8-3-1-7(2-4-8)14(23)18-5-10(20)15(24)13(17)12(22)11(21)9(6-19)25-15/h1-4,9,11-13,19,21-22,24H,5-6,17H2,(H,18,23)/t9-,11-,12+,13-,15?/m1/s1. The third-order valence-electron chi connectivity index (χ3n) is 3.98. The fourth-order valence-electron chi connectivity index (χ4n) is 2.43. The van der Waals surface area contributed by atoms with Gasteiger partial charge in [0.2, 0.25) is 11.6 Å². The highest BCUT2D eigenvalue weighted by atomic mass is 127. The Labute approximate surface area is 156 Å². The second-order valence-electron chi connectivity index (χ2n) is 5.66. The van der Waals surface area contributed by atoms with E-state index in [1.54, 1.807) is 24.3 Å². The molecule has 0 spiro atoms. The maximum Gasteiger partial charge on any atom is 0.251 e. The van der Waals surface area contributed by atoms with Crippen LogP contribution < -0.4 is 11.1 Å². The first-order valence-electron chi connectivity index (χ1n) is 7.40. The third kappa shape index (κ3) is 4.16. The Morgan fingerprint density at radius 1 is 1.24 bits per heavy atom. The molecule has 1 saturated heterocycles. The maximum atomic E-state index is 12.3. The summed E-state index contributed by atoms with van der Waals surface area (Å²) in [5, 5.41) is 41.4. The van der Waals surface area contributed by atoms with Crippen LogP contribution in [-0.4, -0.2) is 75.4 Å². The van der Waals surface area contributed by atoms with Crippen LogP contribution in [0.2, 0.25) is 0 Å². The summed E-state index contributed by atoms with van der Waals surface area (Å²) in [7, 11) is 0. The molecule has 9 nitrogen and oxygen atoms in total. The number of rotatable bonds is 5. The Hall–Kier alpha value is -1.15. The van der Waals surface area contributed by atoms with Crippen LogP contribution in [0.25, 0.3) is 0 Å². The van der Waals surface area contributed by atoms with Crippen LogP contribution >= 0.6 is 22.6 Å². The van der Waals surface area contributed by atoms with Gasteiger partial charge in [0, 0.05) is 9.13 Å².